The van der Waals surface area contributed by atoms with E-state index in [1.165, 1.54) is 0 Å². The zero-order chi connectivity index (χ0) is 30.1. The predicted octanol–water partition coefficient (Wildman–Crippen LogP) is 5.93. The fraction of sp³-hybridized carbons (Fsp3) is 0.552. The van der Waals surface area contributed by atoms with Crippen LogP contribution in [0.3, 0.4) is 0 Å². The van der Waals surface area contributed by atoms with Crippen molar-refractivity contribution in [1.82, 2.24) is 19.9 Å². The van der Waals surface area contributed by atoms with Gasteiger partial charge in [-0.3, -0.25) is 4.90 Å². The maximum atomic E-state index is 16.6. The Bertz CT molecular complexity index is 1700. The van der Waals surface area contributed by atoms with Crippen LogP contribution in [0.2, 0.25) is 5.02 Å². The number of aromatic nitrogens is 3. The smallest absolute Gasteiger partial charge is 0.418 e. The molecule has 0 amide bonds. The maximum Gasteiger partial charge on any atom is 0.418 e. The van der Waals surface area contributed by atoms with E-state index in [0.717, 1.165) is 44.4 Å². The highest BCUT2D eigenvalue weighted by molar-refractivity contribution is 6.32. The Morgan fingerprint density at radius 1 is 1.14 bits per heavy atom. The molecule has 2 atom stereocenters. The van der Waals surface area contributed by atoms with Gasteiger partial charge in [-0.25, -0.2) is 13.8 Å². The van der Waals surface area contributed by atoms with Gasteiger partial charge in [0.25, 0.3) is 0 Å². The number of pyridine rings is 1. The minimum Gasteiger partial charge on any atom is -0.468 e. The molecule has 5 heterocycles. The van der Waals surface area contributed by atoms with Crippen LogP contribution in [-0.2, 0) is 6.18 Å². The number of hydrogen-bond acceptors (Lipinski definition) is 8. The number of fused-ring (bicyclic) bond motifs is 2. The fourth-order valence-electron chi connectivity index (χ4n) is 7.79. The number of anilines is 2. The lowest BCUT2D eigenvalue weighted by atomic mass is 9.95. The van der Waals surface area contributed by atoms with Crippen molar-refractivity contribution in [2.75, 3.05) is 37.4 Å². The summed E-state index contributed by atoms with van der Waals surface area (Å²) in [5.41, 5.74) is 1.40. The summed E-state index contributed by atoms with van der Waals surface area (Å²) in [5.74, 6) is -0.839. The van der Waals surface area contributed by atoms with Gasteiger partial charge in [-0.1, -0.05) is 11.6 Å². The molecule has 0 unspecified atom stereocenters. The van der Waals surface area contributed by atoms with Crippen LogP contribution in [0.4, 0.5) is 33.5 Å². The molecule has 5 aliphatic rings. The van der Waals surface area contributed by atoms with E-state index in [1.54, 1.807) is 0 Å². The predicted molar refractivity (Wildman–Crippen MR) is 149 cm³/mol. The lowest BCUT2D eigenvalue weighted by Gasteiger charge is -2.34. The number of alkyl halides is 4. The Labute approximate surface area is 248 Å². The number of likely N-dealkylation sites (N-methyl/N-ethyl adjacent to an activating group) is 1. The summed E-state index contributed by atoms with van der Waals surface area (Å²) >= 11 is 6.01. The van der Waals surface area contributed by atoms with E-state index in [9.17, 15) is 17.6 Å². The number of nitrogens with zero attached hydrogens (tertiary/aromatic N) is 5. The zero-order valence-electron chi connectivity index (χ0n) is 23.2. The molecule has 1 aromatic carbocycles. The molecule has 2 spiro atoms. The van der Waals surface area contributed by atoms with Gasteiger partial charge in [0.15, 0.2) is 5.82 Å². The van der Waals surface area contributed by atoms with Crippen LogP contribution in [0, 0.1) is 5.82 Å². The summed E-state index contributed by atoms with van der Waals surface area (Å²) < 4.78 is 86.3. The summed E-state index contributed by atoms with van der Waals surface area (Å²) in [6.45, 7) is 1.19. The SMILES string of the molecule is CN1c2nc(OC[C@@]34CCCN3C[C@H](F)C4)nc3c(F)c(-c4cc(N)cc(Cl)c4C(F)(F)F)nc(c23)OC2(CC2)C12CC2. The normalized spacial score (nSPS) is 26.6. The number of hydrogen-bond donors (Lipinski definition) is 1. The summed E-state index contributed by atoms with van der Waals surface area (Å²) in [7, 11) is 1.85. The number of ether oxygens (including phenoxy) is 2. The minimum atomic E-state index is -4.93. The molecule has 2 aromatic heterocycles. The van der Waals surface area contributed by atoms with Crippen LogP contribution in [0.5, 0.6) is 11.9 Å². The quantitative estimate of drug-likeness (QED) is 0.283. The summed E-state index contributed by atoms with van der Waals surface area (Å²) in [6, 6.07) is 1.81. The highest BCUT2D eigenvalue weighted by Crippen LogP contribution is 2.65. The second kappa shape index (κ2) is 8.71. The van der Waals surface area contributed by atoms with Crippen molar-refractivity contribution in [2.45, 2.75) is 74.0 Å². The summed E-state index contributed by atoms with van der Waals surface area (Å²) in [4.78, 5) is 17.5. The number of rotatable bonds is 4. The van der Waals surface area contributed by atoms with E-state index in [1.807, 2.05) is 11.9 Å². The summed E-state index contributed by atoms with van der Waals surface area (Å²) in [5, 5.41) is -0.526. The average molecular weight is 623 g/mol. The van der Waals surface area contributed by atoms with Crippen molar-refractivity contribution in [3.05, 3.63) is 28.5 Å². The van der Waals surface area contributed by atoms with Gasteiger partial charge in [-0.15, -0.1) is 0 Å². The fourth-order valence-corrected chi connectivity index (χ4v) is 8.13. The molecule has 2 N–H and O–H groups in total. The Hall–Kier alpha value is -3.19. The Balaban J connectivity index is 1.33. The van der Waals surface area contributed by atoms with E-state index in [0.29, 0.717) is 31.6 Å². The first-order valence-electron chi connectivity index (χ1n) is 14.4. The molecular formula is C29H28ClF5N6O2. The first kappa shape index (κ1) is 27.4. The van der Waals surface area contributed by atoms with Gasteiger partial charge >= 0.3 is 12.2 Å². The third-order valence-electron chi connectivity index (χ3n) is 10.1. The van der Waals surface area contributed by atoms with E-state index >= 15 is 4.39 Å². The molecule has 43 heavy (non-hydrogen) atoms. The largest absolute Gasteiger partial charge is 0.468 e. The standard InChI is InChI=1S/C29H28ClF5N6O2/c1-40-23-18-22(38-25(39-23)42-13-26-3-2-8-41(26)12-14(31)11-26)20(32)21(16-9-15(36)10-17(30)19(16)29(33,34)35)37-24(18)43-28(6-7-28)27(40)4-5-27/h9-10,14H,2-8,11-13,36H2,1H3/t14-,26+/m1/s1. The molecule has 3 aliphatic heterocycles. The third-order valence-corrected chi connectivity index (χ3v) is 10.4. The molecule has 0 radical (unpaired) electrons. The monoisotopic (exact) mass is 622 g/mol. The van der Waals surface area contributed by atoms with Gasteiger partial charge < -0.3 is 20.1 Å². The minimum absolute atomic E-state index is 0.0515. The molecule has 2 aliphatic carbocycles. The Morgan fingerprint density at radius 2 is 1.91 bits per heavy atom. The van der Waals surface area contributed by atoms with Crippen molar-refractivity contribution < 1.29 is 31.4 Å². The van der Waals surface area contributed by atoms with Gasteiger partial charge in [0.05, 0.1) is 21.7 Å². The first-order valence-corrected chi connectivity index (χ1v) is 14.8. The van der Waals surface area contributed by atoms with Gasteiger partial charge in [-0.2, -0.15) is 23.1 Å². The highest BCUT2D eigenvalue weighted by atomic mass is 35.5. The van der Waals surface area contributed by atoms with Crippen LogP contribution in [0.25, 0.3) is 22.2 Å². The van der Waals surface area contributed by atoms with Crippen LogP contribution in [-0.4, -0.2) is 69.4 Å². The summed E-state index contributed by atoms with van der Waals surface area (Å²) in [6.07, 6.45) is -0.923. The highest BCUT2D eigenvalue weighted by Gasteiger charge is 2.71. The molecule has 2 saturated carbocycles. The van der Waals surface area contributed by atoms with Crippen molar-refractivity contribution in [1.29, 1.82) is 0 Å². The Kier molecular flexibility index (Phi) is 5.54. The molecule has 8 nitrogen and oxygen atoms in total. The molecule has 2 saturated heterocycles. The van der Waals surface area contributed by atoms with Crippen LogP contribution in [0.15, 0.2) is 12.1 Å². The average Bonchev–Trinajstić information content (AvgIpc) is 3.84. The van der Waals surface area contributed by atoms with E-state index < -0.39 is 56.7 Å². The number of halogens is 6. The molecule has 228 valence electrons. The topological polar surface area (TPSA) is 89.6 Å². The number of nitrogens with two attached hydrogens (primary N) is 1. The van der Waals surface area contributed by atoms with Gasteiger partial charge in [-0.05, 0) is 57.2 Å². The molecular weight excluding hydrogens is 595 g/mol. The van der Waals surface area contributed by atoms with Crippen molar-refractivity contribution >= 4 is 34.0 Å². The third kappa shape index (κ3) is 3.85. The van der Waals surface area contributed by atoms with Crippen molar-refractivity contribution in [2.24, 2.45) is 0 Å². The van der Waals surface area contributed by atoms with E-state index in [-0.39, 0.29) is 35.1 Å². The lowest BCUT2D eigenvalue weighted by molar-refractivity contribution is -0.137. The molecule has 14 heteroatoms. The van der Waals surface area contributed by atoms with Gasteiger partial charge in [0.1, 0.15) is 40.8 Å². The number of benzene rings is 1. The molecule has 8 rings (SSSR count). The van der Waals surface area contributed by atoms with Crippen LogP contribution < -0.4 is 20.1 Å². The number of nitrogen functional groups attached to an aromatic ring is 1. The maximum absolute atomic E-state index is 16.6. The zero-order valence-corrected chi connectivity index (χ0v) is 24.0. The molecule has 0 bridgehead atoms. The molecule has 4 fully saturated rings. The molecule has 3 aromatic rings. The van der Waals surface area contributed by atoms with Crippen LogP contribution in [0.1, 0.15) is 50.5 Å². The van der Waals surface area contributed by atoms with E-state index in [2.05, 4.69) is 14.9 Å². The second-order valence-corrected chi connectivity index (χ2v) is 13.0. The second-order valence-electron chi connectivity index (χ2n) is 12.6. The Morgan fingerprint density at radius 3 is 2.60 bits per heavy atom. The first-order chi connectivity index (χ1) is 20.4. The van der Waals surface area contributed by atoms with Crippen molar-refractivity contribution in [3.63, 3.8) is 0 Å². The lowest BCUT2D eigenvalue weighted by Crippen LogP contribution is -2.48. The van der Waals surface area contributed by atoms with Gasteiger partial charge in [0.2, 0.25) is 5.88 Å². The van der Waals surface area contributed by atoms with Crippen molar-refractivity contribution in [3.8, 4) is 23.1 Å². The van der Waals surface area contributed by atoms with Crippen LogP contribution >= 0.6 is 11.6 Å². The van der Waals surface area contributed by atoms with Gasteiger partial charge in [0, 0.05) is 31.3 Å². The van der Waals surface area contributed by atoms with E-state index in [4.69, 9.17) is 31.8 Å².